The van der Waals surface area contributed by atoms with Gasteiger partial charge in [0.1, 0.15) is 0 Å². The van der Waals surface area contributed by atoms with Gasteiger partial charge in [0.05, 0.1) is 12.0 Å². The maximum Gasteiger partial charge on any atom is 0.151 e. The van der Waals surface area contributed by atoms with E-state index in [0.717, 1.165) is 0 Å². The molecule has 3 heteroatoms. The second-order valence-corrected chi connectivity index (χ2v) is 2.05. The molecular formula is C8H8NO2-. The zero-order valence-corrected chi connectivity index (χ0v) is 6.20. The predicted octanol–water partition coefficient (Wildman–Crippen LogP) is 1.03. The Morgan fingerprint density at radius 3 is 2.91 bits per heavy atom. The molecule has 1 aromatic rings. The molecule has 0 N–H and O–H groups in total. The van der Waals surface area contributed by atoms with Crippen LogP contribution in [0.5, 0.6) is 0 Å². The van der Waals surface area contributed by atoms with E-state index >= 15 is 0 Å². The number of hydrogen-bond donors (Lipinski definition) is 0. The molecule has 0 fully saturated rings. The van der Waals surface area contributed by atoms with Crippen molar-refractivity contribution in [3.05, 3.63) is 30.7 Å². The Labute approximate surface area is 64.7 Å². The van der Waals surface area contributed by atoms with E-state index in [1.54, 1.807) is 12.1 Å². The van der Waals surface area contributed by atoms with Gasteiger partial charge in [-0.25, -0.2) is 0 Å². The van der Waals surface area contributed by atoms with Crippen molar-refractivity contribution in [3.63, 3.8) is 0 Å². The molecule has 0 aliphatic heterocycles. The molecule has 0 aromatic carbocycles. The summed E-state index contributed by atoms with van der Waals surface area (Å²) in [6.07, 6.45) is 1.51. The molecule has 0 atom stereocenters. The van der Waals surface area contributed by atoms with E-state index in [-0.39, 0.29) is 5.90 Å². The van der Waals surface area contributed by atoms with Gasteiger partial charge in [-0.1, -0.05) is 6.58 Å². The lowest BCUT2D eigenvalue weighted by molar-refractivity contribution is -0.215. The number of hydrogen-bond acceptors (Lipinski definition) is 3. The molecule has 0 saturated carbocycles. The molecule has 3 nitrogen and oxygen atoms in total. The molecule has 0 unspecified atom stereocenters. The van der Waals surface area contributed by atoms with Crippen LogP contribution in [0.2, 0.25) is 0 Å². The number of aliphatic imine (C=N–C) groups is 1. The lowest BCUT2D eigenvalue weighted by Gasteiger charge is -2.02. The molecule has 0 aliphatic rings. The summed E-state index contributed by atoms with van der Waals surface area (Å²) in [7, 11) is 0. The molecule has 0 bridgehead atoms. The Hall–Kier alpha value is -1.51. The lowest BCUT2D eigenvalue weighted by Crippen LogP contribution is -2.11. The second kappa shape index (κ2) is 3.05. The first-order valence-corrected chi connectivity index (χ1v) is 3.15. The van der Waals surface area contributed by atoms with Crippen molar-refractivity contribution in [1.82, 2.24) is 0 Å². The summed E-state index contributed by atoms with van der Waals surface area (Å²) in [6.45, 7) is 4.93. The fourth-order valence-corrected chi connectivity index (χ4v) is 0.688. The molecule has 58 valence electrons. The van der Waals surface area contributed by atoms with Crippen LogP contribution in [0, 0.1) is 0 Å². The van der Waals surface area contributed by atoms with Gasteiger partial charge in [0.15, 0.2) is 5.76 Å². The highest BCUT2D eigenvalue weighted by Gasteiger charge is 1.96. The van der Waals surface area contributed by atoms with Gasteiger partial charge >= 0.3 is 0 Å². The maximum absolute atomic E-state index is 10.5. The molecule has 1 rings (SSSR count). The van der Waals surface area contributed by atoms with Gasteiger partial charge < -0.3 is 9.52 Å². The van der Waals surface area contributed by atoms with Gasteiger partial charge in [0.2, 0.25) is 0 Å². The highest BCUT2D eigenvalue weighted by Crippen LogP contribution is 2.12. The third-order valence-electron chi connectivity index (χ3n) is 1.10. The smallest absolute Gasteiger partial charge is 0.151 e. The van der Waals surface area contributed by atoms with Gasteiger partial charge in [-0.05, 0) is 25.0 Å². The van der Waals surface area contributed by atoms with E-state index < -0.39 is 0 Å². The fraction of sp³-hybridized carbons (Fsp3) is 0.125. The second-order valence-electron chi connectivity index (χ2n) is 2.05. The van der Waals surface area contributed by atoms with E-state index in [9.17, 15) is 5.11 Å². The Kier molecular flexibility index (Phi) is 2.11. The lowest BCUT2D eigenvalue weighted by atomic mass is 10.4. The van der Waals surface area contributed by atoms with Crippen LogP contribution < -0.4 is 5.11 Å². The summed E-state index contributed by atoms with van der Waals surface area (Å²) in [6, 6.07) is 3.42. The molecule has 0 radical (unpaired) electrons. The van der Waals surface area contributed by atoms with Gasteiger partial charge in [-0.15, -0.1) is 0 Å². The number of furan rings is 1. The van der Waals surface area contributed by atoms with Crippen molar-refractivity contribution >= 4 is 11.6 Å². The quantitative estimate of drug-likeness (QED) is 0.467. The minimum Gasteiger partial charge on any atom is -0.862 e. The predicted molar refractivity (Wildman–Crippen MR) is 40.9 cm³/mol. The van der Waals surface area contributed by atoms with Crippen LogP contribution in [-0.2, 0) is 0 Å². The maximum atomic E-state index is 10.5. The molecule has 0 saturated heterocycles. The van der Waals surface area contributed by atoms with Gasteiger partial charge in [-0.2, -0.15) is 0 Å². The van der Waals surface area contributed by atoms with Crippen molar-refractivity contribution < 1.29 is 9.52 Å². The minimum absolute atomic E-state index is 0.272. The normalized spacial score (nSPS) is 11.5. The van der Waals surface area contributed by atoms with Crippen molar-refractivity contribution in [2.45, 2.75) is 6.92 Å². The van der Waals surface area contributed by atoms with Crippen molar-refractivity contribution in [3.8, 4) is 0 Å². The van der Waals surface area contributed by atoms with Crippen LogP contribution in [0.15, 0.2) is 34.4 Å². The first-order valence-electron chi connectivity index (χ1n) is 3.15. The first-order chi connectivity index (χ1) is 5.20. The Morgan fingerprint density at radius 1 is 1.73 bits per heavy atom. The Morgan fingerprint density at radius 2 is 2.45 bits per heavy atom. The van der Waals surface area contributed by atoms with E-state index in [1.807, 2.05) is 0 Å². The Bertz CT molecular complexity index is 268. The van der Waals surface area contributed by atoms with E-state index in [2.05, 4.69) is 11.6 Å². The largest absolute Gasteiger partial charge is 0.862 e. The minimum atomic E-state index is -0.272. The van der Waals surface area contributed by atoms with E-state index in [0.29, 0.717) is 11.5 Å². The van der Waals surface area contributed by atoms with E-state index in [1.165, 1.54) is 13.2 Å². The van der Waals surface area contributed by atoms with Crippen LogP contribution in [0.1, 0.15) is 12.7 Å². The van der Waals surface area contributed by atoms with Crippen LogP contribution in [0.3, 0.4) is 0 Å². The van der Waals surface area contributed by atoms with Gasteiger partial charge in [-0.3, -0.25) is 4.99 Å². The standard InChI is InChI=1S/C8H9NO2/c1-6(9-7(2)10)8-4-3-5-11-8/h3-5H,1H2,2H3,(H,9,10)/p-1. The molecule has 1 aromatic heterocycles. The molecule has 0 amide bonds. The average molecular weight is 150 g/mol. The van der Waals surface area contributed by atoms with Crippen LogP contribution >= 0.6 is 0 Å². The SMILES string of the molecule is C=C(N=C(C)[O-])c1ccco1. The summed E-state index contributed by atoms with van der Waals surface area (Å²) in [5.41, 5.74) is 0.363. The number of nitrogens with zero attached hydrogens (tertiary/aromatic N) is 1. The van der Waals surface area contributed by atoms with Gasteiger partial charge in [0, 0.05) is 0 Å². The summed E-state index contributed by atoms with van der Waals surface area (Å²) in [5.74, 6) is 0.256. The van der Waals surface area contributed by atoms with Crippen LogP contribution in [-0.4, -0.2) is 5.90 Å². The highest BCUT2D eigenvalue weighted by molar-refractivity contribution is 5.76. The summed E-state index contributed by atoms with van der Waals surface area (Å²) < 4.78 is 4.95. The fourth-order valence-electron chi connectivity index (χ4n) is 0.688. The van der Waals surface area contributed by atoms with Crippen molar-refractivity contribution in [1.29, 1.82) is 0 Å². The topological polar surface area (TPSA) is 48.6 Å². The van der Waals surface area contributed by atoms with Gasteiger partial charge in [0.25, 0.3) is 0 Å². The molecule has 11 heavy (non-hydrogen) atoms. The summed E-state index contributed by atoms with van der Waals surface area (Å²) in [5, 5.41) is 10.5. The molecule has 1 heterocycles. The zero-order chi connectivity index (χ0) is 8.27. The van der Waals surface area contributed by atoms with Crippen molar-refractivity contribution in [2.75, 3.05) is 0 Å². The zero-order valence-electron chi connectivity index (χ0n) is 6.20. The highest BCUT2D eigenvalue weighted by atomic mass is 16.3. The molecule has 0 aliphatic carbocycles. The third-order valence-corrected chi connectivity index (χ3v) is 1.10. The average Bonchev–Trinajstić information content (AvgIpc) is 2.35. The summed E-state index contributed by atoms with van der Waals surface area (Å²) >= 11 is 0. The summed E-state index contributed by atoms with van der Waals surface area (Å²) in [4.78, 5) is 3.59. The third kappa shape index (κ3) is 1.97. The number of rotatable bonds is 2. The first kappa shape index (κ1) is 7.60. The molecule has 0 spiro atoms. The van der Waals surface area contributed by atoms with E-state index in [4.69, 9.17) is 4.42 Å². The monoisotopic (exact) mass is 150 g/mol. The molecular weight excluding hydrogens is 142 g/mol. The van der Waals surface area contributed by atoms with Crippen LogP contribution in [0.4, 0.5) is 0 Å². The van der Waals surface area contributed by atoms with Crippen molar-refractivity contribution in [2.24, 2.45) is 4.99 Å². The Balaban J connectivity index is 2.80. The van der Waals surface area contributed by atoms with Crippen LogP contribution in [0.25, 0.3) is 5.70 Å².